The van der Waals surface area contributed by atoms with Gasteiger partial charge in [-0.2, -0.15) is 0 Å². The Labute approximate surface area is 125 Å². The molecule has 1 aromatic carbocycles. The van der Waals surface area contributed by atoms with Gasteiger partial charge >= 0.3 is 0 Å². The summed E-state index contributed by atoms with van der Waals surface area (Å²) in [5.41, 5.74) is 2.02. The lowest BCUT2D eigenvalue weighted by atomic mass is 10.1. The smallest absolute Gasteiger partial charge is 0.176 e. The summed E-state index contributed by atoms with van der Waals surface area (Å²) in [5.74, 6) is 1.68. The molecule has 0 bridgehead atoms. The minimum Gasteiger partial charge on any atom is -0.453 e. The predicted octanol–water partition coefficient (Wildman–Crippen LogP) is 4.11. The molecule has 4 rings (SSSR count). The van der Waals surface area contributed by atoms with Gasteiger partial charge in [-0.3, -0.25) is 0 Å². The first kappa shape index (κ1) is 12.3. The van der Waals surface area contributed by atoms with Crippen molar-refractivity contribution in [3.8, 4) is 11.6 Å². The van der Waals surface area contributed by atoms with Crippen molar-refractivity contribution in [3.63, 3.8) is 0 Å². The molecular formula is C16H13N3OS. The predicted molar refractivity (Wildman–Crippen MR) is 83.4 cm³/mol. The van der Waals surface area contributed by atoms with Crippen molar-refractivity contribution in [3.05, 3.63) is 58.8 Å². The van der Waals surface area contributed by atoms with Crippen LogP contribution in [0.1, 0.15) is 10.6 Å². The molecule has 0 saturated carbocycles. The summed E-state index contributed by atoms with van der Waals surface area (Å²) in [4.78, 5) is 8.80. The van der Waals surface area contributed by atoms with Crippen molar-refractivity contribution in [2.75, 3.05) is 0 Å². The van der Waals surface area contributed by atoms with Crippen LogP contribution in [0.5, 0.6) is 0 Å². The zero-order chi connectivity index (χ0) is 14.2. The molecule has 0 aliphatic rings. The molecule has 0 aliphatic heterocycles. The molecule has 4 nitrogen and oxygen atoms in total. The van der Waals surface area contributed by atoms with Gasteiger partial charge in [-0.25, -0.2) is 9.97 Å². The first-order valence-electron chi connectivity index (χ1n) is 6.71. The highest BCUT2D eigenvalue weighted by molar-refractivity contribution is 7.09. The molecule has 0 N–H and O–H groups in total. The van der Waals surface area contributed by atoms with Crippen LogP contribution in [0.4, 0.5) is 0 Å². The van der Waals surface area contributed by atoms with Gasteiger partial charge in [0.15, 0.2) is 11.6 Å². The number of aromatic nitrogens is 3. The lowest BCUT2D eigenvalue weighted by Crippen LogP contribution is -2.00. The van der Waals surface area contributed by atoms with Crippen LogP contribution in [0.25, 0.3) is 22.6 Å². The van der Waals surface area contributed by atoms with E-state index in [1.54, 1.807) is 17.5 Å². The minimum atomic E-state index is 0.712. The average molecular weight is 295 g/mol. The largest absolute Gasteiger partial charge is 0.453 e. The fraction of sp³-hybridized carbons (Fsp3) is 0.125. The van der Waals surface area contributed by atoms with Crippen LogP contribution >= 0.6 is 11.3 Å². The van der Waals surface area contributed by atoms with Crippen LogP contribution in [0.15, 0.2) is 52.7 Å². The Morgan fingerprint density at radius 2 is 2.10 bits per heavy atom. The van der Waals surface area contributed by atoms with E-state index in [9.17, 15) is 0 Å². The van der Waals surface area contributed by atoms with Crippen LogP contribution in [0.2, 0.25) is 0 Å². The molecular weight excluding hydrogens is 282 g/mol. The second-order valence-corrected chi connectivity index (χ2v) is 5.84. The number of nitrogens with zero attached hydrogens (tertiary/aromatic N) is 3. The van der Waals surface area contributed by atoms with E-state index in [0.29, 0.717) is 6.54 Å². The van der Waals surface area contributed by atoms with Gasteiger partial charge < -0.3 is 8.98 Å². The Balaban J connectivity index is 1.82. The molecule has 3 heterocycles. The van der Waals surface area contributed by atoms with Crippen molar-refractivity contribution >= 4 is 22.3 Å². The molecule has 0 fully saturated rings. The van der Waals surface area contributed by atoms with E-state index in [-0.39, 0.29) is 0 Å². The quantitative estimate of drug-likeness (QED) is 0.571. The van der Waals surface area contributed by atoms with Gasteiger partial charge in [-0.05, 0) is 13.0 Å². The Kier molecular flexibility index (Phi) is 2.86. The summed E-state index contributed by atoms with van der Waals surface area (Å²) in [6.07, 6.45) is 5.59. The van der Waals surface area contributed by atoms with Gasteiger partial charge in [-0.15, -0.1) is 11.3 Å². The van der Waals surface area contributed by atoms with Crippen molar-refractivity contribution in [1.82, 2.24) is 14.5 Å². The number of rotatable bonds is 3. The first-order valence-corrected chi connectivity index (χ1v) is 7.59. The molecule has 5 heteroatoms. The maximum Gasteiger partial charge on any atom is 0.176 e. The van der Waals surface area contributed by atoms with Crippen molar-refractivity contribution in [1.29, 1.82) is 0 Å². The van der Waals surface area contributed by atoms with Gasteiger partial charge in [0.2, 0.25) is 0 Å². The van der Waals surface area contributed by atoms with E-state index in [0.717, 1.165) is 33.1 Å². The van der Waals surface area contributed by atoms with Crippen molar-refractivity contribution in [2.24, 2.45) is 0 Å². The number of furan rings is 1. The van der Waals surface area contributed by atoms with Crippen LogP contribution in [-0.2, 0) is 6.54 Å². The maximum atomic E-state index is 6.00. The summed E-state index contributed by atoms with van der Waals surface area (Å²) in [6.45, 7) is 2.78. The normalized spacial score (nSPS) is 11.3. The third kappa shape index (κ3) is 2.06. The summed E-state index contributed by atoms with van der Waals surface area (Å²) in [6, 6.07) is 8.07. The molecule has 4 aromatic rings. The molecule has 3 aromatic heterocycles. The highest BCUT2D eigenvalue weighted by Gasteiger charge is 2.16. The van der Waals surface area contributed by atoms with Crippen LogP contribution in [0, 0.1) is 6.92 Å². The second-order valence-electron chi connectivity index (χ2n) is 4.86. The van der Waals surface area contributed by atoms with Crippen LogP contribution in [-0.4, -0.2) is 14.5 Å². The van der Waals surface area contributed by atoms with Gasteiger partial charge in [0.1, 0.15) is 10.6 Å². The van der Waals surface area contributed by atoms with E-state index in [1.165, 1.54) is 0 Å². The molecule has 21 heavy (non-hydrogen) atoms. The molecule has 0 radical (unpaired) electrons. The number of aryl methyl sites for hydroxylation is 1. The Morgan fingerprint density at radius 3 is 2.90 bits per heavy atom. The average Bonchev–Trinajstić information content (AvgIpc) is 3.21. The fourth-order valence-electron chi connectivity index (χ4n) is 2.51. The number of imidazole rings is 1. The van der Waals surface area contributed by atoms with Gasteiger partial charge in [-0.1, -0.05) is 18.2 Å². The zero-order valence-corrected chi connectivity index (χ0v) is 12.3. The second kappa shape index (κ2) is 4.86. The first-order chi connectivity index (χ1) is 10.3. The number of para-hydroxylation sites is 1. The fourth-order valence-corrected chi connectivity index (χ4v) is 3.12. The maximum absolute atomic E-state index is 6.00. The number of hydrogen-bond acceptors (Lipinski definition) is 4. The number of benzene rings is 1. The van der Waals surface area contributed by atoms with Crippen LogP contribution < -0.4 is 0 Å². The Hall–Kier alpha value is -2.40. The number of thiazole rings is 1. The molecule has 0 spiro atoms. The summed E-state index contributed by atoms with van der Waals surface area (Å²) in [5, 5.41) is 4.18. The SMILES string of the molecule is Cc1c(-c2nccn2Cc2nccs2)oc2ccccc12. The van der Waals surface area contributed by atoms with E-state index in [2.05, 4.69) is 27.5 Å². The third-order valence-electron chi connectivity index (χ3n) is 3.55. The standard InChI is InChI=1S/C16H13N3OS/c1-11-12-4-2-3-5-13(12)20-15(11)16-18-6-8-19(16)10-14-17-7-9-21-14/h2-9H,10H2,1H3. The molecule has 0 unspecified atom stereocenters. The zero-order valence-electron chi connectivity index (χ0n) is 11.5. The molecule has 0 aliphatic carbocycles. The van der Waals surface area contributed by atoms with Gasteiger partial charge in [0.05, 0.1) is 6.54 Å². The topological polar surface area (TPSA) is 43.9 Å². The molecule has 0 atom stereocenters. The highest BCUT2D eigenvalue weighted by Crippen LogP contribution is 2.32. The highest BCUT2D eigenvalue weighted by atomic mass is 32.1. The molecule has 104 valence electrons. The van der Waals surface area contributed by atoms with Crippen LogP contribution in [0.3, 0.4) is 0 Å². The van der Waals surface area contributed by atoms with E-state index in [4.69, 9.17) is 4.42 Å². The lowest BCUT2D eigenvalue weighted by Gasteiger charge is -2.04. The Morgan fingerprint density at radius 1 is 1.19 bits per heavy atom. The van der Waals surface area contributed by atoms with E-state index < -0.39 is 0 Å². The lowest BCUT2D eigenvalue weighted by molar-refractivity contribution is 0.614. The molecule has 0 saturated heterocycles. The van der Waals surface area contributed by atoms with E-state index >= 15 is 0 Å². The number of hydrogen-bond donors (Lipinski definition) is 0. The Bertz CT molecular complexity index is 889. The number of fused-ring (bicyclic) bond motifs is 1. The minimum absolute atomic E-state index is 0.712. The summed E-state index contributed by atoms with van der Waals surface area (Å²) in [7, 11) is 0. The molecule has 0 amide bonds. The van der Waals surface area contributed by atoms with Gasteiger partial charge in [0, 0.05) is 34.9 Å². The summed E-state index contributed by atoms with van der Waals surface area (Å²) < 4.78 is 8.08. The third-order valence-corrected chi connectivity index (χ3v) is 4.32. The monoisotopic (exact) mass is 295 g/mol. The van der Waals surface area contributed by atoms with E-state index in [1.807, 2.05) is 36.0 Å². The summed E-state index contributed by atoms with van der Waals surface area (Å²) >= 11 is 1.64. The van der Waals surface area contributed by atoms with Crippen molar-refractivity contribution < 1.29 is 4.42 Å². The van der Waals surface area contributed by atoms with Gasteiger partial charge in [0.25, 0.3) is 0 Å². The van der Waals surface area contributed by atoms with Crippen molar-refractivity contribution in [2.45, 2.75) is 13.5 Å².